The van der Waals surface area contributed by atoms with Gasteiger partial charge in [0.15, 0.2) is 14.1 Å². The number of allylic oxidation sites excluding steroid dienone is 1. The van der Waals surface area contributed by atoms with Crippen LogP contribution in [-0.4, -0.2) is 74.9 Å². The number of ether oxygens (including phenoxy) is 1. The topological polar surface area (TPSA) is 116 Å². The summed E-state index contributed by atoms with van der Waals surface area (Å²) in [6, 6.07) is 5.64. The van der Waals surface area contributed by atoms with E-state index in [9.17, 15) is 10.1 Å². The van der Waals surface area contributed by atoms with E-state index in [1.807, 2.05) is 26.0 Å². The van der Waals surface area contributed by atoms with Crippen LogP contribution in [0.2, 0.25) is 18.1 Å². The summed E-state index contributed by atoms with van der Waals surface area (Å²) in [7, 11) is -0.145. The van der Waals surface area contributed by atoms with E-state index in [0.29, 0.717) is 23.4 Å². The van der Waals surface area contributed by atoms with E-state index in [4.69, 9.17) is 9.16 Å². The summed E-state index contributed by atoms with van der Waals surface area (Å²) in [5, 5.41) is 13.5. The van der Waals surface area contributed by atoms with Crippen LogP contribution in [-0.2, 0) is 14.6 Å². The Labute approximate surface area is 285 Å². The molecule has 12 heteroatoms. The first kappa shape index (κ1) is 36.9. The zero-order chi connectivity index (χ0) is 35.8. The number of anilines is 2. The molecular weight excluding hydrogens is 626 g/mol. The third-order valence-corrected chi connectivity index (χ3v) is 13.8. The summed E-state index contributed by atoms with van der Waals surface area (Å²) in [5.41, 5.74) is 3.07. The van der Waals surface area contributed by atoms with Gasteiger partial charge in [-0.15, -0.1) is 0 Å². The first-order valence-electron chi connectivity index (χ1n) is 16.3. The van der Waals surface area contributed by atoms with Crippen LogP contribution in [0.3, 0.4) is 0 Å². The number of carbonyl (C=O) groups is 1. The normalized spacial score (nSPS) is 19.2. The lowest BCUT2D eigenvalue weighted by molar-refractivity contribution is 0.0575. The lowest BCUT2D eigenvalue weighted by atomic mass is 9.83. The standard InChI is InChI=1S/C36H50FN7O3Si/c1-23(15-26-20-43(10)14-13-29(26)39-9)41-32-40-19-28(37)30(42-32)24-16-25(18-38)31-27(17-24)36(8,22-46-48(11,12)35(5,6)7)21-44(31)33(45)47-34(2,3)4/h15-17,19H,9,13-14,20-22H2,1-8,10-12H3,(H,40,41,42)/b23-15+/t36-/m1/s1. The number of nitriles is 1. The fourth-order valence-electron chi connectivity index (χ4n) is 5.60. The van der Waals surface area contributed by atoms with Gasteiger partial charge in [-0.25, -0.2) is 19.2 Å². The van der Waals surface area contributed by atoms with E-state index in [0.717, 1.165) is 42.7 Å². The number of nitrogens with zero attached hydrogens (tertiary/aromatic N) is 6. The highest BCUT2D eigenvalue weighted by atomic mass is 28.4. The quantitative estimate of drug-likeness (QED) is 0.223. The van der Waals surface area contributed by atoms with Crippen LogP contribution in [0.25, 0.3) is 11.3 Å². The number of fused-ring (bicyclic) bond motifs is 1. The van der Waals surface area contributed by atoms with E-state index >= 15 is 4.39 Å². The lowest BCUT2D eigenvalue weighted by Gasteiger charge is -2.39. The van der Waals surface area contributed by atoms with Gasteiger partial charge in [0.2, 0.25) is 5.95 Å². The van der Waals surface area contributed by atoms with Gasteiger partial charge >= 0.3 is 6.09 Å². The van der Waals surface area contributed by atoms with Gasteiger partial charge in [0.25, 0.3) is 0 Å². The molecular formula is C36H50FN7O3Si. The molecule has 0 saturated heterocycles. The maximum absolute atomic E-state index is 15.5. The number of aromatic nitrogens is 2. The second kappa shape index (κ2) is 13.5. The van der Waals surface area contributed by atoms with E-state index in [-0.39, 0.29) is 28.8 Å². The van der Waals surface area contributed by atoms with Crippen molar-refractivity contribution in [3.63, 3.8) is 0 Å². The highest BCUT2D eigenvalue weighted by Crippen LogP contribution is 2.47. The van der Waals surface area contributed by atoms with E-state index in [1.54, 1.807) is 26.8 Å². The Balaban J connectivity index is 1.79. The SMILES string of the molecule is C=NC1=C(/C=C(\C)Nc2ncc(F)c(-c3cc(C#N)c4c(c3)[C@@](C)(CO[Si](C)(C)C(C)(C)C)CN4C(=O)OC(C)(C)C)n2)CN(C)CC1. The van der Waals surface area contributed by atoms with Crippen molar-refractivity contribution in [2.75, 3.05) is 43.5 Å². The van der Waals surface area contributed by atoms with E-state index in [2.05, 4.69) is 78.9 Å². The van der Waals surface area contributed by atoms with Crippen molar-refractivity contribution in [1.29, 1.82) is 5.26 Å². The maximum atomic E-state index is 15.5. The van der Waals surface area contributed by atoms with Gasteiger partial charge in [0.1, 0.15) is 17.4 Å². The Hall–Kier alpha value is -3.92. The minimum absolute atomic E-state index is 0.0352. The number of amides is 1. The molecule has 0 fully saturated rings. The van der Waals surface area contributed by atoms with Crippen LogP contribution in [0.4, 0.5) is 20.8 Å². The molecule has 1 aromatic heterocycles. The van der Waals surface area contributed by atoms with Crippen LogP contribution in [0.1, 0.15) is 72.9 Å². The number of nitrogens with one attached hydrogen (secondary N) is 1. The second-order valence-electron chi connectivity index (χ2n) is 15.7. The number of hydrogen-bond donors (Lipinski definition) is 1. The second-order valence-corrected chi connectivity index (χ2v) is 20.5. The first-order valence-corrected chi connectivity index (χ1v) is 19.2. The molecule has 1 N–H and O–H groups in total. The summed E-state index contributed by atoms with van der Waals surface area (Å²) in [5.74, 6) is -0.432. The molecule has 2 aromatic rings. The first-order chi connectivity index (χ1) is 22.2. The number of rotatable bonds is 8. The van der Waals surface area contributed by atoms with Gasteiger partial charge < -0.3 is 19.4 Å². The van der Waals surface area contributed by atoms with Crippen LogP contribution >= 0.6 is 0 Å². The number of likely N-dealkylation sites (N-methyl/N-ethyl adjacent to an activating group) is 1. The summed E-state index contributed by atoms with van der Waals surface area (Å²) < 4.78 is 28.0. The highest BCUT2D eigenvalue weighted by Gasteiger charge is 2.47. The Morgan fingerprint density at radius 3 is 2.56 bits per heavy atom. The third-order valence-electron chi connectivity index (χ3n) is 9.28. The highest BCUT2D eigenvalue weighted by molar-refractivity contribution is 6.74. The molecule has 1 amide bonds. The molecule has 48 heavy (non-hydrogen) atoms. The Bertz CT molecular complexity index is 1700. The Kier molecular flexibility index (Phi) is 10.4. The van der Waals surface area contributed by atoms with Crippen LogP contribution < -0.4 is 10.2 Å². The molecule has 258 valence electrons. The third kappa shape index (κ3) is 8.02. The number of hydrogen-bond acceptors (Lipinski definition) is 9. The Morgan fingerprint density at radius 2 is 1.96 bits per heavy atom. The molecule has 2 aliphatic rings. The average Bonchev–Trinajstić information content (AvgIpc) is 3.28. The molecule has 3 heterocycles. The maximum Gasteiger partial charge on any atom is 0.414 e. The van der Waals surface area contributed by atoms with Crippen LogP contribution in [0.5, 0.6) is 0 Å². The number of halogens is 1. The van der Waals surface area contributed by atoms with Crippen molar-refractivity contribution in [3.05, 3.63) is 58.3 Å². The van der Waals surface area contributed by atoms with Crippen molar-refractivity contribution >= 4 is 32.8 Å². The monoisotopic (exact) mass is 675 g/mol. The van der Waals surface area contributed by atoms with Crippen molar-refractivity contribution < 1.29 is 18.3 Å². The van der Waals surface area contributed by atoms with Gasteiger partial charge in [0, 0.05) is 55.0 Å². The predicted octanol–water partition coefficient (Wildman–Crippen LogP) is 7.79. The van der Waals surface area contributed by atoms with Gasteiger partial charge in [-0.3, -0.25) is 9.89 Å². The van der Waals surface area contributed by atoms with Gasteiger partial charge in [0.05, 0.1) is 17.4 Å². The molecule has 0 bridgehead atoms. The molecule has 0 radical (unpaired) electrons. The smallest absolute Gasteiger partial charge is 0.414 e. The zero-order valence-corrected chi connectivity index (χ0v) is 31.3. The van der Waals surface area contributed by atoms with Gasteiger partial charge in [-0.2, -0.15) is 5.26 Å². The van der Waals surface area contributed by atoms with Crippen molar-refractivity contribution in [3.8, 4) is 17.3 Å². The number of aliphatic imine (C=N–C) groups is 1. The summed E-state index contributed by atoms with van der Waals surface area (Å²) in [4.78, 5) is 30.2. The molecule has 2 aliphatic heterocycles. The summed E-state index contributed by atoms with van der Waals surface area (Å²) in [6.45, 7) is 26.1. The fraction of sp³-hybridized carbons (Fsp3) is 0.528. The van der Waals surface area contributed by atoms with E-state index < -0.39 is 31.2 Å². The predicted molar refractivity (Wildman–Crippen MR) is 192 cm³/mol. The summed E-state index contributed by atoms with van der Waals surface area (Å²) >= 11 is 0. The molecule has 0 saturated carbocycles. The lowest BCUT2D eigenvalue weighted by Crippen LogP contribution is -2.46. The largest absolute Gasteiger partial charge is 0.443 e. The average molecular weight is 676 g/mol. The molecule has 1 aromatic carbocycles. The molecule has 4 rings (SSSR count). The van der Waals surface area contributed by atoms with E-state index in [1.165, 1.54) is 4.90 Å². The minimum Gasteiger partial charge on any atom is -0.443 e. The van der Waals surface area contributed by atoms with Crippen molar-refractivity contribution in [2.45, 2.75) is 91.0 Å². The molecule has 10 nitrogen and oxygen atoms in total. The fourth-order valence-corrected chi connectivity index (χ4v) is 6.72. The molecule has 1 atom stereocenters. The number of carbonyl (C=O) groups excluding carboxylic acids is 1. The molecule has 0 unspecified atom stereocenters. The van der Waals surface area contributed by atoms with Crippen molar-refractivity contribution in [1.82, 2.24) is 14.9 Å². The van der Waals surface area contributed by atoms with Crippen molar-refractivity contribution in [2.24, 2.45) is 4.99 Å². The summed E-state index contributed by atoms with van der Waals surface area (Å²) in [6.07, 6.45) is 3.35. The van der Waals surface area contributed by atoms with Crippen LogP contribution in [0.15, 0.2) is 46.4 Å². The molecule has 0 spiro atoms. The van der Waals surface area contributed by atoms with Gasteiger partial charge in [-0.05, 0) is 88.9 Å². The number of benzene rings is 1. The molecule has 0 aliphatic carbocycles. The van der Waals surface area contributed by atoms with Crippen LogP contribution in [0, 0.1) is 17.1 Å². The zero-order valence-electron chi connectivity index (χ0n) is 30.3. The van der Waals surface area contributed by atoms with Gasteiger partial charge in [-0.1, -0.05) is 27.7 Å². The Morgan fingerprint density at radius 1 is 1.27 bits per heavy atom. The minimum atomic E-state index is -2.20.